The average molecular weight is 393 g/mol. The predicted molar refractivity (Wildman–Crippen MR) is 107 cm³/mol. The lowest BCUT2D eigenvalue weighted by atomic mass is 10.1. The first-order valence-electron chi connectivity index (χ1n) is 8.67. The highest BCUT2D eigenvalue weighted by molar-refractivity contribution is 6.36. The molecule has 1 atom stereocenters. The summed E-state index contributed by atoms with van der Waals surface area (Å²) in [5.74, 6) is -0.0608. The number of ether oxygens (including phenoxy) is 1. The van der Waals surface area contributed by atoms with Crippen molar-refractivity contribution in [3.63, 3.8) is 0 Å². The summed E-state index contributed by atoms with van der Waals surface area (Å²) in [5, 5.41) is 4.11. The molecule has 0 aliphatic carbocycles. The van der Waals surface area contributed by atoms with Crippen LogP contribution in [0.3, 0.4) is 0 Å². The molecule has 6 heteroatoms. The van der Waals surface area contributed by atoms with Gasteiger partial charge in [-0.3, -0.25) is 4.79 Å². The van der Waals surface area contributed by atoms with E-state index in [2.05, 4.69) is 10.2 Å². The molecular weight excluding hydrogens is 371 g/mol. The number of hydrogen-bond donors (Lipinski definition) is 1. The van der Waals surface area contributed by atoms with E-state index in [0.29, 0.717) is 29.0 Å². The van der Waals surface area contributed by atoms with Crippen LogP contribution in [0.25, 0.3) is 0 Å². The highest BCUT2D eigenvalue weighted by atomic mass is 35.5. The third-order valence-electron chi connectivity index (χ3n) is 4.66. The predicted octanol–water partition coefficient (Wildman–Crippen LogP) is 4.79. The standard InChI is InChI=1S/C20H22Cl2N2O2/c1-26-16-11-12-24(13-16)15-7-5-14(6-8-15)23-20(25)10-9-17-18(21)3-2-4-19(17)22/h2-8,16H,9-13H2,1H3,(H,23,25)/t16-/m0/s1. The largest absolute Gasteiger partial charge is 0.380 e. The molecule has 2 aromatic carbocycles. The minimum atomic E-state index is -0.0608. The normalized spacial score (nSPS) is 16.7. The molecule has 0 aromatic heterocycles. The first-order valence-corrected chi connectivity index (χ1v) is 9.43. The number of anilines is 2. The molecule has 0 radical (unpaired) electrons. The second-order valence-corrected chi connectivity index (χ2v) is 7.20. The van der Waals surface area contributed by atoms with Gasteiger partial charge in [0.25, 0.3) is 0 Å². The molecule has 138 valence electrons. The molecule has 1 amide bonds. The maximum absolute atomic E-state index is 12.2. The van der Waals surface area contributed by atoms with E-state index in [1.54, 1.807) is 25.3 Å². The number of carbonyl (C=O) groups excluding carboxylic acids is 1. The Morgan fingerprint density at radius 3 is 2.50 bits per heavy atom. The lowest BCUT2D eigenvalue weighted by molar-refractivity contribution is -0.116. The molecular formula is C20H22Cl2N2O2. The molecule has 1 aliphatic rings. The lowest BCUT2D eigenvalue weighted by Gasteiger charge is -2.18. The maximum Gasteiger partial charge on any atom is 0.224 e. The van der Waals surface area contributed by atoms with Gasteiger partial charge in [-0.1, -0.05) is 29.3 Å². The van der Waals surface area contributed by atoms with Gasteiger partial charge in [0, 0.05) is 48.0 Å². The van der Waals surface area contributed by atoms with E-state index in [4.69, 9.17) is 27.9 Å². The molecule has 0 unspecified atom stereocenters. The third-order valence-corrected chi connectivity index (χ3v) is 5.37. The zero-order valence-electron chi connectivity index (χ0n) is 14.7. The Hall–Kier alpha value is -1.75. The fourth-order valence-electron chi connectivity index (χ4n) is 3.14. The van der Waals surface area contributed by atoms with Crippen molar-refractivity contribution in [3.8, 4) is 0 Å². The number of methoxy groups -OCH3 is 1. The minimum Gasteiger partial charge on any atom is -0.380 e. The molecule has 0 bridgehead atoms. The van der Waals surface area contributed by atoms with E-state index >= 15 is 0 Å². The highest BCUT2D eigenvalue weighted by Gasteiger charge is 2.22. The third kappa shape index (κ3) is 4.70. The van der Waals surface area contributed by atoms with Gasteiger partial charge >= 0.3 is 0 Å². The van der Waals surface area contributed by atoms with Crippen molar-refractivity contribution >= 4 is 40.5 Å². The summed E-state index contributed by atoms with van der Waals surface area (Å²) in [4.78, 5) is 14.5. The van der Waals surface area contributed by atoms with Crippen LogP contribution in [0.15, 0.2) is 42.5 Å². The fourth-order valence-corrected chi connectivity index (χ4v) is 3.73. The van der Waals surface area contributed by atoms with Gasteiger partial charge in [-0.2, -0.15) is 0 Å². The number of amides is 1. The summed E-state index contributed by atoms with van der Waals surface area (Å²) in [6.45, 7) is 1.89. The van der Waals surface area contributed by atoms with Crippen molar-refractivity contribution < 1.29 is 9.53 Å². The number of nitrogens with zero attached hydrogens (tertiary/aromatic N) is 1. The van der Waals surface area contributed by atoms with Gasteiger partial charge in [0.1, 0.15) is 0 Å². The average Bonchev–Trinajstić information content (AvgIpc) is 3.11. The van der Waals surface area contributed by atoms with E-state index in [1.807, 2.05) is 24.3 Å². The van der Waals surface area contributed by atoms with Crippen LogP contribution < -0.4 is 10.2 Å². The van der Waals surface area contributed by atoms with E-state index in [1.165, 1.54) is 0 Å². The van der Waals surface area contributed by atoms with Crippen molar-refractivity contribution in [2.24, 2.45) is 0 Å². The van der Waals surface area contributed by atoms with Gasteiger partial charge in [-0.25, -0.2) is 0 Å². The van der Waals surface area contributed by atoms with Crippen LogP contribution in [0.5, 0.6) is 0 Å². The van der Waals surface area contributed by atoms with E-state index in [0.717, 1.165) is 36.4 Å². The Balaban J connectivity index is 1.53. The molecule has 0 saturated carbocycles. The summed E-state index contributed by atoms with van der Waals surface area (Å²) in [6.07, 6.45) is 2.17. The Labute approximate surface area is 164 Å². The molecule has 1 saturated heterocycles. The summed E-state index contributed by atoms with van der Waals surface area (Å²) in [5.41, 5.74) is 2.74. The summed E-state index contributed by atoms with van der Waals surface area (Å²) >= 11 is 12.3. The number of benzene rings is 2. The van der Waals surface area contributed by atoms with Gasteiger partial charge in [0.2, 0.25) is 5.91 Å². The van der Waals surface area contributed by atoms with Crippen LogP contribution in [0.1, 0.15) is 18.4 Å². The van der Waals surface area contributed by atoms with Crippen LogP contribution >= 0.6 is 23.2 Å². The molecule has 2 aromatic rings. The first kappa shape index (κ1) is 19.0. The van der Waals surface area contributed by atoms with Gasteiger partial charge in [-0.15, -0.1) is 0 Å². The smallest absolute Gasteiger partial charge is 0.224 e. The van der Waals surface area contributed by atoms with Crippen LogP contribution in [-0.4, -0.2) is 32.2 Å². The molecule has 0 spiro atoms. The molecule has 1 fully saturated rings. The van der Waals surface area contributed by atoms with E-state index in [9.17, 15) is 4.79 Å². The first-order chi connectivity index (χ1) is 12.6. The molecule has 1 N–H and O–H groups in total. The summed E-state index contributed by atoms with van der Waals surface area (Å²) in [6, 6.07) is 13.3. The Kier molecular flexibility index (Phi) is 6.41. The van der Waals surface area contributed by atoms with Gasteiger partial charge in [0.05, 0.1) is 6.10 Å². The van der Waals surface area contributed by atoms with Gasteiger partial charge in [0.15, 0.2) is 0 Å². The fraction of sp³-hybridized carbons (Fsp3) is 0.350. The number of halogens is 2. The van der Waals surface area contributed by atoms with E-state index in [-0.39, 0.29) is 5.91 Å². The number of rotatable bonds is 6. The highest BCUT2D eigenvalue weighted by Crippen LogP contribution is 2.26. The minimum absolute atomic E-state index is 0.0608. The number of carbonyl (C=O) groups is 1. The van der Waals surface area contributed by atoms with Crippen molar-refractivity contribution in [2.75, 3.05) is 30.4 Å². The van der Waals surface area contributed by atoms with Crippen molar-refractivity contribution in [1.82, 2.24) is 0 Å². The van der Waals surface area contributed by atoms with Crippen molar-refractivity contribution in [3.05, 3.63) is 58.1 Å². The van der Waals surface area contributed by atoms with Crippen molar-refractivity contribution in [2.45, 2.75) is 25.4 Å². The Bertz CT molecular complexity index is 745. The lowest BCUT2D eigenvalue weighted by Crippen LogP contribution is -2.22. The zero-order valence-corrected chi connectivity index (χ0v) is 16.2. The summed E-state index contributed by atoms with van der Waals surface area (Å²) in [7, 11) is 1.75. The van der Waals surface area contributed by atoms with Crippen molar-refractivity contribution in [1.29, 1.82) is 0 Å². The monoisotopic (exact) mass is 392 g/mol. The number of nitrogens with one attached hydrogen (secondary N) is 1. The second-order valence-electron chi connectivity index (χ2n) is 6.39. The van der Waals surface area contributed by atoms with E-state index < -0.39 is 0 Å². The molecule has 1 aliphatic heterocycles. The Morgan fingerprint density at radius 2 is 1.88 bits per heavy atom. The number of hydrogen-bond acceptors (Lipinski definition) is 3. The molecule has 1 heterocycles. The van der Waals surface area contributed by atoms with Gasteiger partial charge < -0.3 is 15.0 Å². The molecule has 26 heavy (non-hydrogen) atoms. The summed E-state index contributed by atoms with van der Waals surface area (Å²) < 4.78 is 5.40. The van der Waals surface area contributed by atoms with Crippen LogP contribution in [0, 0.1) is 0 Å². The van der Waals surface area contributed by atoms with Crippen LogP contribution in [0.2, 0.25) is 10.0 Å². The van der Waals surface area contributed by atoms with Crippen LogP contribution in [0.4, 0.5) is 11.4 Å². The maximum atomic E-state index is 12.2. The molecule has 3 rings (SSSR count). The topological polar surface area (TPSA) is 41.6 Å². The molecule has 4 nitrogen and oxygen atoms in total. The Morgan fingerprint density at radius 1 is 1.19 bits per heavy atom. The quantitative estimate of drug-likeness (QED) is 0.767. The second kappa shape index (κ2) is 8.76. The van der Waals surface area contributed by atoms with Crippen LogP contribution in [-0.2, 0) is 16.0 Å². The SMILES string of the molecule is CO[C@H]1CCN(c2ccc(NC(=O)CCc3c(Cl)cccc3Cl)cc2)C1. The zero-order chi connectivity index (χ0) is 18.5. The van der Waals surface area contributed by atoms with Gasteiger partial charge in [-0.05, 0) is 54.8 Å².